The molecule has 3 rings (SSSR count). The second-order valence-electron chi connectivity index (χ2n) is 5.42. The third-order valence-corrected chi connectivity index (χ3v) is 4.88. The van der Waals surface area contributed by atoms with Crippen LogP contribution in [0.3, 0.4) is 0 Å². The molecule has 6 nitrogen and oxygen atoms in total. The number of aryl methyl sites for hydroxylation is 2. The summed E-state index contributed by atoms with van der Waals surface area (Å²) in [5.74, 6) is 0. The molecule has 1 aliphatic rings. The van der Waals surface area contributed by atoms with Gasteiger partial charge in [-0.25, -0.2) is 4.98 Å². The molecular formula is C14H18BrClN4O2. The van der Waals surface area contributed by atoms with Crippen LogP contribution in [0, 0.1) is 6.92 Å². The zero-order chi connectivity index (χ0) is 15.1. The first-order valence-corrected chi connectivity index (χ1v) is 7.79. The molecule has 1 saturated heterocycles. The zero-order valence-corrected chi connectivity index (χ0v) is 14.8. The van der Waals surface area contributed by atoms with Crippen LogP contribution in [0.2, 0.25) is 0 Å². The third-order valence-electron chi connectivity index (χ3n) is 4.08. The quantitative estimate of drug-likeness (QED) is 0.751. The van der Waals surface area contributed by atoms with Gasteiger partial charge in [-0.3, -0.25) is 14.2 Å². The first kappa shape index (κ1) is 17.2. The van der Waals surface area contributed by atoms with E-state index in [1.54, 1.807) is 11.6 Å². The Kier molecular flexibility index (Phi) is 5.09. The summed E-state index contributed by atoms with van der Waals surface area (Å²) in [7, 11) is 1.61. The predicted octanol–water partition coefficient (Wildman–Crippen LogP) is 1.51. The number of hydrogen-bond acceptors (Lipinski definition) is 4. The molecule has 0 unspecified atom stereocenters. The van der Waals surface area contributed by atoms with Crippen molar-refractivity contribution in [2.45, 2.75) is 25.8 Å². The van der Waals surface area contributed by atoms with Gasteiger partial charge in [0.05, 0.1) is 11.2 Å². The smallest absolute Gasteiger partial charge is 0.317 e. The van der Waals surface area contributed by atoms with Crippen molar-refractivity contribution in [3.63, 3.8) is 0 Å². The van der Waals surface area contributed by atoms with E-state index in [-0.39, 0.29) is 18.4 Å². The molecular weight excluding hydrogens is 372 g/mol. The van der Waals surface area contributed by atoms with E-state index in [0.717, 1.165) is 36.1 Å². The predicted molar refractivity (Wildman–Crippen MR) is 92.1 cm³/mol. The Labute approximate surface area is 142 Å². The Morgan fingerprint density at radius 1 is 1.27 bits per heavy atom. The van der Waals surface area contributed by atoms with Crippen LogP contribution in [0.4, 0.5) is 0 Å². The van der Waals surface area contributed by atoms with Crippen LogP contribution < -0.4 is 16.4 Å². The lowest BCUT2D eigenvalue weighted by Crippen LogP contribution is -2.44. The topological polar surface area (TPSA) is 68.9 Å². The highest BCUT2D eigenvalue weighted by molar-refractivity contribution is 9.10. The highest BCUT2D eigenvalue weighted by atomic mass is 79.9. The van der Waals surface area contributed by atoms with Crippen molar-refractivity contribution in [2.75, 3.05) is 13.1 Å². The van der Waals surface area contributed by atoms with Gasteiger partial charge in [-0.05, 0) is 54.9 Å². The van der Waals surface area contributed by atoms with E-state index in [9.17, 15) is 9.59 Å². The molecule has 2 aromatic heterocycles. The number of nitrogens with one attached hydrogen (secondary N) is 1. The van der Waals surface area contributed by atoms with Crippen LogP contribution >= 0.6 is 28.3 Å². The van der Waals surface area contributed by atoms with Gasteiger partial charge in [-0.15, -0.1) is 12.4 Å². The molecule has 0 atom stereocenters. The van der Waals surface area contributed by atoms with Gasteiger partial charge in [0.25, 0.3) is 0 Å². The number of piperidine rings is 1. The second kappa shape index (κ2) is 6.52. The van der Waals surface area contributed by atoms with Gasteiger partial charge in [0.2, 0.25) is 0 Å². The molecule has 1 aliphatic heterocycles. The van der Waals surface area contributed by atoms with Gasteiger partial charge in [0, 0.05) is 17.6 Å². The van der Waals surface area contributed by atoms with Gasteiger partial charge in [-0.1, -0.05) is 0 Å². The Hall–Kier alpha value is -1.18. The van der Waals surface area contributed by atoms with Crippen LogP contribution in [-0.4, -0.2) is 27.2 Å². The van der Waals surface area contributed by atoms with Crippen molar-refractivity contribution in [1.82, 2.24) is 19.4 Å². The summed E-state index contributed by atoms with van der Waals surface area (Å²) in [5, 5.41) is 3.27. The second-order valence-corrected chi connectivity index (χ2v) is 6.27. The van der Waals surface area contributed by atoms with E-state index in [4.69, 9.17) is 0 Å². The molecule has 0 aliphatic carbocycles. The molecule has 3 heterocycles. The first-order chi connectivity index (χ1) is 10.0. The number of halogens is 2. The van der Waals surface area contributed by atoms with Crippen LogP contribution in [0.25, 0.3) is 11.2 Å². The van der Waals surface area contributed by atoms with Gasteiger partial charge >= 0.3 is 11.1 Å². The van der Waals surface area contributed by atoms with E-state index < -0.39 is 11.1 Å². The molecule has 0 radical (unpaired) electrons. The van der Waals surface area contributed by atoms with Gasteiger partial charge in [0.15, 0.2) is 5.65 Å². The first-order valence-electron chi connectivity index (χ1n) is 7.00. The monoisotopic (exact) mass is 388 g/mol. The average Bonchev–Trinajstić information content (AvgIpc) is 2.49. The van der Waals surface area contributed by atoms with Crippen molar-refractivity contribution in [3.8, 4) is 0 Å². The molecule has 0 saturated carbocycles. The highest BCUT2D eigenvalue weighted by Gasteiger charge is 2.22. The summed E-state index contributed by atoms with van der Waals surface area (Å²) in [6.07, 6.45) is 1.66. The molecule has 120 valence electrons. The Balaban J connectivity index is 0.00000176. The molecule has 0 bridgehead atoms. The Morgan fingerprint density at radius 3 is 2.55 bits per heavy atom. The van der Waals surface area contributed by atoms with Crippen molar-refractivity contribution < 1.29 is 0 Å². The summed E-state index contributed by atoms with van der Waals surface area (Å²) >= 11 is 3.44. The summed E-state index contributed by atoms with van der Waals surface area (Å²) in [6, 6.07) is 1.89. The fourth-order valence-electron chi connectivity index (χ4n) is 2.84. The molecule has 1 N–H and O–H groups in total. The fraction of sp³-hybridized carbons (Fsp3) is 0.500. The maximum atomic E-state index is 12.5. The Morgan fingerprint density at radius 2 is 1.91 bits per heavy atom. The van der Waals surface area contributed by atoms with Crippen molar-refractivity contribution in [1.29, 1.82) is 0 Å². The lowest BCUT2D eigenvalue weighted by atomic mass is 10.1. The average molecular weight is 390 g/mol. The maximum absolute atomic E-state index is 12.5. The van der Waals surface area contributed by atoms with Crippen molar-refractivity contribution in [2.24, 2.45) is 7.05 Å². The lowest BCUT2D eigenvalue weighted by Gasteiger charge is -2.26. The largest absolute Gasteiger partial charge is 0.318 e. The molecule has 0 aromatic carbocycles. The summed E-state index contributed by atoms with van der Waals surface area (Å²) in [4.78, 5) is 29.2. The minimum atomic E-state index is -0.501. The molecule has 8 heteroatoms. The van der Waals surface area contributed by atoms with Crippen LogP contribution in [0.5, 0.6) is 0 Å². The lowest BCUT2D eigenvalue weighted by molar-refractivity contribution is 0.365. The number of hydrogen-bond donors (Lipinski definition) is 1. The number of fused-ring (bicyclic) bond motifs is 1. The van der Waals surface area contributed by atoms with Gasteiger partial charge in [0.1, 0.15) is 0 Å². The minimum Gasteiger partial charge on any atom is -0.317 e. The summed E-state index contributed by atoms with van der Waals surface area (Å²) in [6.45, 7) is 3.58. The minimum absolute atomic E-state index is 0. The molecule has 1 fully saturated rings. The van der Waals surface area contributed by atoms with Crippen LogP contribution in [-0.2, 0) is 7.05 Å². The zero-order valence-electron chi connectivity index (χ0n) is 12.4. The number of pyridine rings is 1. The number of nitrogens with zero attached hydrogens (tertiary/aromatic N) is 3. The van der Waals surface area contributed by atoms with Gasteiger partial charge < -0.3 is 9.88 Å². The Bertz CT molecular complexity index is 824. The summed E-state index contributed by atoms with van der Waals surface area (Å²) < 4.78 is 3.81. The highest BCUT2D eigenvalue weighted by Crippen LogP contribution is 2.23. The van der Waals surface area contributed by atoms with Crippen LogP contribution in [0.15, 0.2) is 20.1 Å². The molecule has 2 aromatic rings. The van der Waals surface area contributed by atoms with Crippen molar-refractivity contribution >= 4 is 39.5 Å². The maximum Gasteiger partial charge on any atom is 0.318 e. The standard InChI is InChI=1S/C14H17BrN4O2.ClH/c1-8-10(15)7-11-12(17-8)19(9-3-5-16-6-4-9)14(21)13(20)18(11)2;/h7,9,16H,3-6H2,1-2H3;1H. The number of rotatable bonds is 1. The van der Waals surface area contributed by atoms with Crippen molar-refractivity contribution in [3.05, 3.63) is 36.9 Å². The summed E-state index contributed by atoms with van der Waals surface area (Å²) in [5.41, 5.74) is 1.10. The van der Waals surface area contributed by atoms with E-state index in [1.165, 1.54) is 4.57 Å². The normalized spacial score (nSPS) is 15.8. The van der Waals surface area contributed by atoms with E-state index in [2.05, 4.69) is 26.2 Å². The fourth-order valence-corrected chi connectivity index (χ4v) is 3.14. The van der Waals surface area contributed by atoms with E-state index in [1.807, 2.05) is 13.0 Å². The molecule has 0 amide bonds. The molecule has 0 spiro atoms. The van der Waals surface area contributed by atoms with E-state index in [0.29, 0.717) is 11.2 Å². The van der Waals surface area contributed by atoms with Gasteiger partial charge in [-0.2, -0.15) is 0 Å². The third kappa shape index (κ3) is 2.73. The van der Waals surface area contributed by atoms with E-state index >= 15 is 0 Å². The SMILES string of the molecule is Cc1nc2c(cc1Br)n(C)c(=O)c(=O)n2C1CCNCC1.Cl. The molecule has 22 heavy (non-hydrogen) atoms. The number of aromatic nitrogens is 3. The van der Waals surface area contributed by atoms with Crippen LogP contribution in [0.1, 0.15) is 24.6 Å².